The summed E-state index contributed by atoms with van der Waals surface area (Å²) in [5.41, 5.74) is 1.20. The number of rotatable bonds is 5. The predicted octanol–water partition coefficient (Wildman–Crippen LogP) is 3.59. The Balaban J connectivity index is 1.66. The average molecular weight is 413 g/mol. The van der Waals surface area contributed by atoms with Gasteiger partial charge < -0.3 is 5.32 Å². The molecule has 9 heteroatoms. The molecule has 1 aromatic carbocycles. The number of hydrogen-bond acceptors (Lipinski definition) is 4. The number of piperidine rings is 1. The Morgan fingerprint density at radius 3 is 2.57 bits per heavy atom. The normalized spacial score (nSPS) is 20.7. The number of nitrogens with zero attached hydrogens (tertiary/aromatic N) is 3. The fraction of sp³-hybridized carbons (Fsp3) is 0.421. The third-order valence-corrected chi connectivity index (χ3v) is 5.13. The van der Waals surface area contributed by atoms with Gasteiger partial charge in [-0.05, 0) is 18.4 Å². The maximum absolute atomic E-state index is 13.5. The summed E-state index contributed by atoms with van der Waals surface area (Å²) in [6, 6.07) is 7.41. The van der Waals surface area contributed by atoms with Crippen LogP contribution in [0, 0.1) is 5.92 Å². The first-order chi connectivity index (χ1) is 13.3. The first-order valence-electron chi connectivity index (χ1n) is 8.92. The van der Waals surface area contributed by atoms with E-state index in [9.17, 15) is 18.0 Å². The zero-order chi connectivity index (χ0) is 20.1. The van der Waals surface area contributed by atoms with Gasteiger partial charge in [-0.15, -0.1) is 0 Å². The molecule has 0 saturated carbocycles. The summed E-state index contributed by atoms with van der Waals surface area (Å²) < 4.78 is 40.4. The van der Waals surface area contributed by atoms with Crippen LogP contribution >= 0.6 is 11.6 Å². The Bertz CT molecular complexity index is 803. The van der Waals surface area contributed by atoms with E-state index in [-0.39, 0.29) is 43.5 Å². The van der Waals surface area contributed by atoms with Crippen LogP contribution in [0.4, 0.5) is 13.2 Å². The predicted molar refractivity (Wildman–Crippen MR) is 98.3 cm³/mol. The van der Waals surface area contributed by atoms with Gasteiger partial charge in [0.2, 0.25) is 5.91 Å². The number of alkyl halides is 3. The van der Waals surface area contributed by atoms with Gasteiger partial charge in [0.05, 0.1) is 18.2 Å². The lowest BCUT2D eigenvalue weighted by Gasteiger charge is -2.40. The van der Waals surface area contributed by atoms with E-state index in [1.165, 1.54) is 17.3 Å². The lowest BCUT2D eigenvalue weighted by molar-refractivity contribution is -0.197. The third-order valence-electron chi connectivity index (χ3n) is 4.81. The maximum Gasteiger partial charge on any atom is 0.404 e. The quantitative estimate of drug-likeness (QED) is 0.815. The second-order valence-electron chi connectivity index (χ2n) is 6.76. The van der Waals surface area contributed by atoms with Crippen LogP contribution in [0.5, 0.6) is 0 Å². The first kappa shape index (κ1) is 20.5. The lowest BCUT2D eigenvalue weighted by atomic mass is 9.91. The molecular weight excluding hydrogens is 393 g/mol. The second kappa shape index (κ2) is 8.87. The molecule has 150 valence electrons. The molecule has 1 aliphatic heterocycles. The Hall–Kier alpha value is -2.19. The topological polar surface area (TPSA) is 58.1 Å². The highest BCUT2D eigenvalue weighted by atomic mass is 35.5. The Morgan fingerprint density at radius 1 is 1.18 bits per heavy atom. The van der Waals surface area contributed by atoms with E-state index in [1.54, 1.807) is 24.3 Å². The number of carbonyl (C=O) groups excluding carboxylic acids is 1. The van der Waals surface area contributed by atoms with E-state index in [2.05, 4.69) is 15.3 Å². The molecular formula is C19H20ClF3N4O. The van der Waals surface area contributed by atoms with Crippen molar-refractivity contribution in [2.45, 2.75) is 38.1 Å². The maximum atomic E-state index is 13.5. The minimum Gasteiger partial charge on any atom is -0.350 e. The molecule has 2 unspecified atom stereocenters. The van der Waals surface area contributed by atoms with Crippen molar-refractivity contribution in [3.8, 4) is 0 Å². The van der Waals surface area contributed by atoms with E-state index in [1.807, 2.05) is 6.07 Å². The number of amides is 1. The van der Waals surface area contributed by atoms with Crippen molar-refractivity contribution < 1.29 is 18.0 Å². The second-order valence-corrected chi connectivity index (χ2v) is 7.12. The first-order valence-corrected chi connectivity index (χ1v) is 9.30. The number of benzene rings is 1. The molecule has 28 heavy (non-hydrogen) atoms. The zero-order valence-electron chi connectivity index (χ0n) is 15.0. The summed E-state index contributed by atoms with van der Waals surface area (Å²) in [5.74, 6) is -0.835. The number of likely N-dealkylation sites (tertiary alicyclic amines) is 1. The SMILES string of the molecule is O=C(NCc1nccnc1Cl)C1CCC(C(F)(F)F)N(Cc2ccccc2)C1. The zero-order valence-corrected chi connectivity index (χ0v) is 15.7. The summed E-state index contributed by atoms with van der Waals surface area (Å²) >= 11 is 5.92. The molecule has 1 aliphatic rings. The molecule has 0 bridgehead atoms. The molecule has 1 fully saturated rings. The number of hydrogen-bond donors (Lipinski definition) is 1. The van der Waals surface area contributed by atoms with Gasteiger partial charge >= 0.3 is 6.18 Å². The lowest BCUT2D eigenvalue weighted by Crippen LogP contribution is -2.53. The van der Waals surface area contributed by atoms with Crippen LogP contribution in [-0.2, 0) is 17.9 Å². The molecule has 2 heterocycles. The van der Waals surface area contributed by atoms with E-state index < -0.39 is 18.1 Å². The molecule has 1 N–H and O–H groups in total. The van der Waals surface area contributed by atoms with Crippen LogP contribution in [0.25, 0.3) is 0 Å². The molecule has 2 atom stereocenters. The monoisotopic (exact) mass is 412 g/mol. The average Bonchev–Trinajstić information content (AvgIpc) is 2.67. The van der Waals surface area contributed by atoms with Crippen LogP contribution in [0.15, 0.2) is 42.7 Å². The van der Waals surface area contributed by atoms with Gasteiger partial charge in [-0.3, -0.25) is 14.7 Å². The number of halogens is 4. The van der Waals surface area contributed by atoms with Crippen molar-refractivity contribution >= 4 is 17.5 Å². The van der Waals surface area contributed by atoms with Crippen molar-refractivity contribution in [1.29, 1.82) is 0 Å². The van der Waals surface area contributed by atoms with Crippen molar-refractivity contribution in [2.75, 3.05) is 6.54 Å². The van der Waals surface area contributed by atoms with Gasteiger partial charge in [0.15, 0.2) is 5.15 Å². The minimum atomic E-state index is -4.33. The van der Waals surface area contributed by atoms with Crippen LogP contribution in [0.1, 0.15) is 24.1 Å². The van der Waals surface area contributed by atoms with Crippen molar-refractivity contribution in [3.63, 3.8) is 0 Å². The summed E-state index contributed by atoms with van der Waals surface area (Å²) in [5, 5.41) is 2.90. The highest BCUT2D eigenvalue weighted by Crippen LogP contribution is 2.34. The van der Waals surface area contributed by atoms with Gasteiger partial charge in [-0.1, -0.05) is 41.9 Å². The van der Waals surface area contributed by atoms with Crippen LogP contribution in [-0.4, -0.2) is 39.5 Å². The fourth-order valence-electron chi connectivity index (χ4n) is 3.40. The van der Waals surface area contributed by atoms with Gasteiger partial charge in [0.25, 0.3) is 0 Å². The van der Waals surface area contributed by atoms with E-state index in [0.717, 1.165) is 5.56 Å². The van der Waals surface area contributed by atoms with Crippen LogP contribution in [0.2, 0.25) is 5.15 Å². The Morgan fingerprint density at radius 2 is 1.89 bits per heavy atom. The smallest absolute Gasteiger partial charge is 0.350 e. The third kappa shape index (κ3) is 5.20. The summed E-state index contributed by atoms with van der Waals surface area (Å²) in [7, 11) is 0. The molecule has 1 aromatic heterocycles. The number of aromatic nitrogens is 2. The summed E-state index contributed by atoms with van der Waals surface area (Å²) in [4.78, 5) is 21.8. The minimum absolute atomic E-state index is 0.0408. The highest BCUT2D eigenvalue weighted by Gasteiger charge is 2.47. The van der Waals surface area contributed by atoms with E-state index in [4.69, 9.17) is 11.6 Å². The molecule has 5 nitrogen and oxygen atoms in total. The van der Waals surface area contributed by atoms with Crippen molar-refractivity contribution in [1.82, 2.24) is 20.2 Å². The van der Waals surface area contributed by atoms with Crippen LogP contribution < -0.4 is 5.32 Å². The molecule has 0 aliphatic carbocycles. The Kier molecular flexibility index (Phi) is 6.51. The molecule has 1 saturated heterocycles. The summed E-state index contributed by atoms with van der Waals surface area (Å²) in [6.45, 7) is 0.271. The summed E-state index contributed by atoms with van der Waals surface area (Å²) in [6.07, 6.45) is -1.36. The Labute approximate surface area is 165 Å². The van der Waals surface area contributed by atoms with Crippen molar-refractivity contribution in [3.05, 3.63) is 59.1 Å². The van der Waals surface area contributed by atoms with Gasteiger partial charge in [0.1, 0.15) is 6.04 Å². The fourth-order valence-corrected chi connectivity index (χ4v) is 3.58. The highest BCUT2D eigenvalue weighted by molar-refractivity contribution is 6.29. The molecule has 0 spiro atoms. The molecule has 2 aromatic rings. The standard InChI is InChI=1S/C19H20ClF3N4O/c20-17-15(24-8-9-25-17)10-26-18(28)14-6-7-16(19(21,22)23)27(12-14)11-13-4-2-1-3-5-13/h1-5,8-9,14,16H,6-7,10-12H2,(H,26,28). The van der Waals surface area contributed by atoms with Crippen LogP contribution in [0.3, 0.4) is 0 Å². The van der Waals surface area contributed by atoms with Gasteiger partial charge in [0, 0.05) is 25.5 Å². The molecule has 3 rings (SSSR count). The van der Waals surface area contributed by atoms with Gasteiger partial charge in [-0.25, -0.2) is 4.98 Å². The number of nitrogens with one attached hydrogen (secondary N) is 1. The largest absolute Gasteiger partial charge is 0.404 e. The number of carbonyl (C=O) groups is 1. The van der Waals surface area contributed by atoms with E-state index in [0.29, 0.717) is 5.69 Å². The van der Waals surface area contributed by atoms with E-state index >= 15 is 0 Å². The van der Waals surface area contributed by atoms with Crippen molar-refractivity contribution in [2.24, 2.45) is 5.92 Å². The van der Waals surface area contributed by atoms with Gasteiger partial charge in [-0.2, -0.15) is 13.2 Å². The molecule has 1 amide bonds. The molecule has 0 radical (unpaired) electrons.